The number of rotatable bonds is 5. The highest BCUT2D eigenvalue weighted by Crippen LogP contribution is 2.43. The molecule has 1 aliphatic rings. The fraction of sp³-hybridized carbons (Fsp3) is 0.152. The summed E-state index contributed by atoms with van der Waals surface area (Å²) in [6.45, 7) is 2.71. The summed E-state index contributed by atoms with van der Waals surface area (Å²) in [5.74, 6) is -0.211. The Morgan fingerprint density at radius 2 is 1.80 bits per heavy atom. The van der Waals surface area contributed by atoms with Crippen LogP contribution in [0.15, 0.2) is 104 Å². The summed E-state index contributed by atoms with van der Waals surface area (Å²) in [7, 11) is 0. The number of nitrogens with zero attached hydrogens (tertiary/aromatic N) is 5. The maximum atomic E-state index is 13.9. The maximum Gasteiger partial charge on any atom is 0.253 e. The van der Waals surface area contributed by atoms with Crippen LogP contribution in [0.2, 0.25) is 5.02 Å². The summed E-state index contributed by atoms with van der Waals surface area (Å²) in [4.78, 5) is 18.3. The number of hydrogen-bond donors (Lipinski definition) is 1. The molecule has 7 rings (SSSR count). The van der Waals surface area contributed by atoms with Crippen LogP contribution in [0.3, 0.4) is 0 Å². The predicted molar refractivity (Wildman–Crippen MR) is 160 cm³/mol. The van der Waals surface area contributed by atoms with Gasteiger partial charge in [-0.05, 0) is 61.7 Å². The highest BCUT2D eigenvalue weighted by molar-refractivity contribution is 6.34. The summed E-state index contributed by atoms with van der Waals surface area (Å²) in [5, 5.41) is 12.7. The number of amides is 1. The Morgan fingerprint density at radius 1 is 0.976 bits per heavy atom. The first-order valence-electron chi connectivity index (χ1n) is 13.6. The second-order valence-electron chi connectivity index (χ2n) is 10.6. The van der Waals surface area contributed by atoms with Crippen LogP contribution in [0.5, 0.6) is 0 Å². The summed E-state index contributed by atoms with van der Waals surface area (Å²) >= 11 is 6.67. The molecule has 1 amide bonds. The number of aromatic nitrogens is 5. The zero-order valence-electron chi connectivity index (χ0n) is 22.5. The van der Waals surface area contributed by atoms with E-state index in [4.69, 9.17) is 11.6 Å². The van der Waals surface area contributed by atoms with Crippen molar-refractivity contribution >= 4 is 28.4 Å². The normalized spacial score (nSPS) is 16.4. The molecule has 0 radical (unpaired) electrons. The van der Waals surface area contributed by atoms with Gasteiger partial charge in [0.25, 0.3) is 5.91 Å². The van der Waals surface area contributed by atoms with Crippen molar-refractivity contribution in [1.29, 1.82) is 0 Å². The average Bonchev–Trinajstić information content (AvgIpc) is 3.64. The lowest BCUT2D eigenvalue weighted by Gasteiger charge is -2.40. The number of carbonyl (C=O) groups is 1. The van der Waals surface area contributed by atoms with Crippen LogP contribution in [0.1, 0.15) is 33.6 Å². The molecule has 6 aromatic rings. The van der Waals surface area contributed by atoms with E-state index in [1.54, 1.807) is 35.6 Å². The standard InChI is InChI=1S/C33H27ClN6O/c1-22-9-12-29-27(16-22)31(23-6-5-15-35-18-23)30-13-14-33(19-40(29)30,24-7-3-2-4-8-24)38-32(41)26-11-10-25(17-28(26)34)39-20-36-37-21-39/h2-12,15-18,20-21H,13-14,19H2,1H3,(H,38,41)/t33-/m1/s1. The number of carbonyl (C=O) groups excluding carboxylic acids is 1. The Kier molecular flexibility index (Phi) is 6.16. The van der Waals surface area contributed by atoms with Gasteiger partial charge in [0.05, 0.1) is 22.7 Å². The maximum absolute atomic E-state index is 13.9. The molecule has 41 heavy (non-hydrogen) atoms. The minimum Gasteiger partial charge on any atom is -0.341 e. The minimum absolute atomic E-state index is 0.211. The van der Waals surface area contributed by atoms with Gasteiger partial charge >= 0.3 is 0 Å². The second kappa shape index (κ2) is 10.0. The smallest absolute Gasteiger partial charge is 0.253 e. The third-order valence-corrected chi connectivity index (χ3v) is 8.40. The molecule has 0 unspecified atom stereocenters. The fourth-order valence-corrected chi connectivity index (χ4v) is 6.37. The molecule has 3 aromatic carbocycles. The predicted octanol–water partition coefficient (Wildman–Crippen LogP) is 6.52. The highest BCUT2D eigenvalue weighted by Gasteiger charge is 2.40. The minimum atomic E-state index is -0.634. The first-order chi connectivity index (χ1) is 20.0. The Labute approximate surface area is 242 Å². The van der Waals surface area contributed by atoms with Gasteiger partial charge in [-0.15, -0.1) is 10.2 Å². The quantitative estimate of drug-likeness (QED) is 0.261. The molecule has 0 aliphatic carbocycles. The molecule has 0 saturated heterocycles. The summed E-state index contributed by atoms with van der Waals surface area (Å²) in [6, 6.07) is 26.3. The molecular formula is C33H27ClN6O. The Morgan fingerprint density at radius 3 is 2.56 bits per heavy atom. The lowest BCUT2D eigenvalue weighted by atomic mass is 9.81. The van der Waals surface area contributed by atoms with Crippen LogP contribution >= 0.6 is 11.6 Å². The van der Waals surface area contributed by atoms with Crippen molar-refractivity contribution < 1.29 is 4.79 Å². The van der Waals surface area contributed by atoms with Gasteiger partial charge in [0, 0.05) is 45.8 Å². The van der Waals surface area contributed by atoms with E-state index in [1.807, 2.05) is 36.5 Å². The molecule has 4 heterocycles. The van der Waals surface area contributed by atoms with Gasteiger partial charge in [-0.1, -0.05) is 59.6 Å². The van der Waals surface area contributed by atoms with E-state index in [0.29, 0.717) is 17.1 Å². The molecule has 0 saturated carbocycles. The largest absolute Gasteiger partial charge is 0.341 e. The van der Waals surface area contributed by atoms with Gasteiger partial charge in [-0.2, -0.15) is 0 Å². The van der Waals surface area contributed by atoms with Crippen molar-refractivity contribution in [3.05, 3.63) is 131 Å². The number of aryl methyl sites for hydroxylation is 1. The third kappa shape index (κ3) is 4.39. The van der Waals surface area contributed by atoms with Gasteiger partial charge in [0.15, 0.2) is 0 Å². The number of benzene rings is 3. The van der Waals surface area contributed by atoms with Crippen molar-refractivity contribution in [1.82, 2.24) is 29.6 Å². The molecule has 1 N–H and O–H groups in total. The lowest BCUT2D eigenvalue weighted by Crippen LogP contribution is -2.51. The zero-order valence-corrected chi connectivity index (χ0v) is 23.2. The van der Waals surface area contributed by atoms with E-state index in [-0.39, 0.29) is 5.91 Å². The number of nitrogens with one attached hydrogen (secondary N) is 1. The Hall–Kier alpha value is -4.75. The first kappa shape index (κ1) is 25.2. The SMILES string of the molecule is Cc1ccc2c(c1)c(-c1cccnc1)c1n2C[C@@](NC(=O)c2ccc(-n3cnnc3)cc2Cl)(c2ccccc2)CC1. The molecule has 202 valence electrons. The molecular weight excluding hydrogens is 532 g/mol. The van der Waals surface area contributed by atoms with Gasteiger partial charge in [0.1, 0.15) is 12.7 Å². The van der Waals surface area contributed by atoms with Crippen LogP contribution in [0.25, 0.3) is 27.7 Å². The van der Waals surface area contributed by atoms with Crippen LogP contribution in [0.4, 0.5) is 0 Å². The lowest BCUT2D eigenvalue weighted by molar-refractivity contribution is 0.0868. The zero-order chi connectivity index (χ0) is 28.0. The number of fused-ring (bicyclic) bond motifs is 3. The van der Waals surface area contributed by atoms with Crippen LogP contribution in [0, 0.1) is 6.92 Å². The Balaban J connectivity index is 1.32. The van der Waals surface area contributed by atoms with Crippen LogP contribution in [-0.2, 0) is 18.5 Å². The van der Waals surface area contributed by atoms with Crippen LogP contribution in [-0.4, -0.2) is 30.2 Å². The van der Waals surface area contributed by atoms with Crippen molar-refractivity contribution in [2.24, 2.45) is 0 Å². The average molecular weight is 559 g/mol. The molecule has 0 fully saturated rings. The van der Waals surface area contributed by atoms with Gasteiger partial charge in [-0.3, -0.25) is 14.3 Å². The van der Waals surface area contributed by atoms with Crippen LogP contribution < -0.4 is 5.32 Å². The van der Waals surface area contributed by atoms with Crippen molar-refractivity contribution in [3.8, 4) is 16.8 Å². The molecule has 7 nitrogen and oxygen atoms in total. The van der Waals surface area contributed by atoms with E-state index in [0.717, 1.165) is 35.2 Å². The fourth-order valence-electron chi connectivity index (χ4n) is 6.11. The second-order valence-corrected chi connectivity index (χ2v) is 11.0. The first-order valence-corrected chi connectivity index (χ1v) is 13.9. The summed E-state index contributed by atoms with van der Waals surface area (Å²) < 4.78 is 4.13. The number of pyridine rings is 1. The molecule has 0 spiro atoms. The van der Waals surface area contributed by atoms with Crippen molar-refractivity contribution in [2.75, 3.05) is 0 Å². The van der Waals surface area contributed by atoms with Crippen molar-refractivity contribution in [2.45, 2.75) is 31.8 Å². The molecule has 1 atom stereocenters. The number of halogens is 1. The molecule has 8 heteroatoms. The number of hydrogen-bond acceptors (Lipinski definition) is 4. The van der Waals surface area contributed by atoms with E-state index in [2.05, 4.69) is 68.4 Å². The van der Waals surface area contributed by atoms with Gasteiger partial charge < -0.3 is 9.88 Å². The molecule has 0 bridgehead atoms. The van der Waals surface area contributed by atoms with Gasteiger partial charge in [-0.25, -0.2) is 0 Å². The van der Waals surface area contributed by atoms with Gasteiger partial charge in [0.2, 0.25) is 0 Å². The highest BCUT2D eigenvalue weighted by atomic mass is 35.5. The third-order valence-electron chi connectivity index (χ3n) is 8.09. The molecule has 3 aromatic heterocycles. The van der Waals surface area contributed by atoms with E-state index < -0.39 is 5.54 Å². The topological polar surface area (TPSA) is 77.6 Å². The van der Waals surface area contributed by atoms with E-state index >= 15 is 0 Å². The monoisotopic (exact) mass is 558 g/mol. The summed E-state index contributed by atoms with van der Waals surface area (Å²) in [5.41, 5.74) is 7.58. The van der Waals surface area contributed by atoms with Crippen molar-refractivity contribution in [3.63, 3.8) is 0 Å². The summed E-state index contributed by atoms with van der Waals surface area (Å²) in [6.07, 6.45) is 8.45. The van der Waals surface area contributed by atoms with E-state index in [9.17, 15) is 4.79 Å². The Bertz CT molecular complexity index is 1880. The van der Waals surface area contributed by atoms with E-state index in [1.165, 1.54) is 22.2 Å². The molecule has 1 aliphatic heterocycles.